The molecule has 1 heterocycles. The number of piperazine rings is 1. The molecule has 114 valence electrons. The van der Waals surface area contributed by atoms with Crippen LogP contribution in [0.2, 0.25) is 0 Å². The van der Waals surface area contributed by atoms with Crippen LogP contribution in [0.1, 0.15) is 36.7 Å². The molecule has 0 aromatic heterocycles. The molecule has 2 N–H and O–H groups in total. The summed E-state index contributed by atoms with van der Waals surface area (Å²) >= 11 is 4.92. The highest BCUT2D eigenvalue weighted by Crippen LogP contribution is 2.17. The molecular formula is C16H23N3OS. The molecular weight excluding hydrogens is 282 g/mol. The summed E-state index contributed by atoms with van der Waals surface area (Å²) in [4.78, 5) is 17.2. The number of carbonyl (C=O) groups excluding carboxylic acids is 1. The zero-order chi connectivity index (χ0) is 15.6. The normalized spacial score (nSPS) is 16.8. The van der Waals surface area contributed by atoms with Crippen molar-refractivity contribution in [2.45, 2.75) is 26.3 Å². The van der Waals surface area contributed by atoms with Crippen LogP contribution in [-0.2, 0) is 0 Å². The zero-order valence-electron chi connectivity index (χ0n) is 12.9. The van der Waals surface area contributed by atoms with Gasteiger partial charge >= 0.3 is 0 Å². The summed E-state index contributed by atoms with van der Waals surface area (Å²) in [7, 11) is 0. The van der Waals surface area contributed by atoms with Gasteiger partial charge < -0.3 is 10.6 Å². The van der Waals surface area contributed by atoms with E-state index in [-0.39, 0.29) is 11.4 Å². The quantitative estimate of drug-likeness (QED) is 0.848. The summed E-state index contributed by atoms with van der Waals surface area (Å²) in [5, 5.41) is 0. The number of nitrogens with zero attached hydrogens (tertiary/aromatic N) is 2. The predicted octanol–water partition coefficient (Wildman–Crippen LogP) is 1.88. The van der Waals surface area contributed by atoms with Gasteiger partial charge in [-0.05, 0) is 32.9 Å². The summed E-state index contributed by atoms with van der Waals surface area (Å²) in [5.74, 6) is 0.0815. The molecule has 2 rings (SSSR count). The van der Waals surface area contributed by atoms with Gasteiger partial charge in [-0.3, -0.25) is 9.69 Å². The molecule has 0 spiro atoms. The SMILES string of the molecule is CC(C)(C)N1CCN(C(=O)c2ccc(C(N)=S)cc2)CC1. The number of benzene rings is 1. The molecule has 0 atom stereocenters. The van der Waals surface area contributed by atoms with Crippen LogP contribution in [-0.4, -0.2) is 52.4 Å². The van der Waals surface area contributed by atoms with E-state index in [9.17, 15) is 4.79 Å². The second-order valence-electron chi connectivity index (χ2n) is 6.39. The molecule has 1 fully saturated rings. The van der Waals surface area contributed by atoms with Gasteiger partial charge in [0, 0.05) is 42.8 Å². The Hall–Kier alpha value is -1.46. The number of amides is 1. The summed E-state index contributed by atoms with van der Waals surface area (Å²) < 4.78 is 0. The molecule has 1 aliphatic rings. The Bertz CT molecular complexity index is 525. The van der Waals surface area contributed by atoms with Gasteiger partial charge in [-0.25, -0.2) is 0 Å². The molecule has 1 saturated heterocycles. The first kappa shape index (κ1) is 15.9. The van der Waals surface area contributed by atoms with Crippen molar-refractivity contribution in [2.24, 2.45) is 5.73 Å². The number of carbonyl (C=O) groups is 1. The summed E-state index contributed by atoms with van der Waals surface area (Å²) in [6.45, 7) is 10.00. The van der Waals surface area contributed by atoms with Crippen LogP contribution in [0.15, 0.2) is 24.3 Å². The van der Waals surface area contributed by atoms with Crippen molar-refractivity contribution in [3.8, 4) is 0 Å². The van der Waals surface area contributed by atoms with Crippen LogP contribution >= 0.6 is 12.2 Å². The lowest BCUT2D eigenvalue weighted by Gasteiger charge is -2.42. The van der Waals surface area contributed by atoms with Crippen LogP contribution in [0.4, 0.5) is 0 Å². The minimum absolute atomic E-state index is 0.0815. The highest BCUT2D eigenvalue weighted by Gasteiger charge is 2.28. The van der Waals surface area contributed by atoms with Crippen LogP contribution in [0.3, 0.4) is 0 Å². The Morgan fingerprint density at radius 3 is 1.95 bits per heavy atom. The molecule has 1 amide bonds. The van der Waals surface area contributed by atoms with Crippen molar-refractivity contribution >= 4 is 23.1 Å². The third-order valence-electron chi connectivity index (χ3n) is 3.93. The maximum atomic E-state index is 12.5. The fraction of sp³-hybridized carbons (Fsp3) is 0.500. The average Bonchev–Trinajstić information content (AvgIpc) is 2.46. The van der Waals surface area contributed by atoms with Crippen LogP contribution in [0.25, 0.3) is 0 Å². The third kappa shape index (κ3) is 3.80. The van der Waals surface area contributed by atoms with Crippen LogP contribution in [0.5, 0.6) is 0 Å². The molecule has 1 aromatic rings. The van der Waals surface area contributed by atoms with Crippen molar-refractivity contribution in [2.75, 3.05) is 26.2 Å². The highest BCUT2D eigenvalue weighted by atomic mass is 32.1. The van der Waals surface area contributed by atoms with E-state index in [1.165, 1.54) is 0 Å². The Balaban J connectivity index is 2.00. The molecule has 21 heavy (non-hydrogen) atoms. The largest absolute Gasteiger partial charge is 0.389 e. The lowest BCUT2D eigenvalue weighted by atomic mass is 10.0. The van der Waals surface area contributed by atoms with Crippen molar-refractivity contribution in [3.63, 3.8) is 0 Å². The summed E-state index contributed by atoms with van der Waals surface area (Å²) in [6, 6.07) is 7.21. The fourth-order valence-electron chi connectivity index (χ4n) is 2.54. The molecule has 1 aromatic carbocycles. The number of thiocarbonyl (C=S) groups is 1. The van der Waals surface area contributed by atoms with Gasteiger partial charge in [-0.15, -0.1) is 0 Å². The number of nitrogens with two attached hydrogens (primary N) is 1. The summed E-state index contributed by atoms with van der Waals surface area (Å²) in [6.07, 6.45) is 0. The molecule has 0 bridgehead atoms. The number of rotatable bonds is 2. The summed E-state index contributed by atoms with van der Waals surface area (Å²) in [5.41, 5.74) is 7.21. The minimum atomic E-state index is 0.0815. The smallest absolute Gasteiger partial charge is 0.253 e. The zero-order valence-corrected chi connectivity index (χ0v) is 13.7. The second kappa shape index (κ2) is 6.12. The molecule has 4 nitrogen and oxygen atoms in total. The standard InChI is InChI=1S/C16H23N3OS/c1-16(2,3)19-10-8-18(9-11-19)15(20)13-6-4-12(5-7-13)14(17)21/h4-7H,8-11H2,1-3H3,(H2,17,21). The first-order valence-electron chi connectivity index (χ1n) is 7.23. The van der Waals surface area contributed by atoms with Gasteiger partial charge in [0.2, 0.25) is 0 Å². The van der Waals surface area contributed by atoms with Crippen molar-refractivity contribution < 1.29 is 4.79 Å². The Labute approximate surface area is 131 Å². The van der Waals surface area contributed by atoms with E-state index in [2.05, 4.69) is 25.7 Å². The maximum Gasteiger partial charge on any atom is 0.253 e. The monoisotopic (exact) mass is 305 g/mol. The Morgan fingerprint density at radius 1 is 1.05 bits per heavy atom. The minimum Gasteiger partial charge on any atom is -0.389 e. The maximum absolute atomic E-state index is 12.5. The van der Waals surface area contributed by atoms with Gasteiger partial charge in [0.1, 0.15) is 4.99 Å². The molecule has 0 saturated carbocycles. The fourth-order valence-corrected chi connectivity index (χ4v) is 2.68. The number of hydrogen-bond donors (Lipinski definition) is 1. The average molecular weight is 305 g/mol. The van der Waals surface area contributed by atoms with Gasteiger partial charge in [-0.1, -0.05) is 24.4 Å². The first-order valence-corrected chi connectivity index (χ1v) is 7.64. The van der Waals surface area contributed by atoms with E-state index in [1.807, 2.05) is 4.90 Å². The number of hydrogen-bond acceptors (Lipinski definition) is 3. The van der Waals surface area contributed by atoms with Crippen molar-refractivity contribution in [1.82, 2.24) is 9.80 Å². The van der Waals surface area contributed by atoms with E-state index in [0.717, 1.165) is 31.7 Å². The van der Waals surface area contributed by atoms with Crippen molar-refractivity contribution in [1.29, 1.82) is 0 Å². The van der Waals surface area contributed by atoms with Crippen molar-refractivity contribution in [3.05, 3.63) is 35.4 Å². The molecule has 0 radical (unpaired) electrons. The van der Waals surface area contributed by atoms with E-state index in [1.54, 1.807) is 24.3 Å². The lowest BCUT2D eigenvalue weighted by Crippen LogP contribution is -2.54. The molecule has 5 heteroatoms. The lowest BCUT2D eigenvalue weighted by molar-refractivity contribution is 0.0451. The third-order valence-corrected chi connectivity index (χ3v) is 4.17. The molecule has 0 aliphatic carbocycles. The molecule has 0 unspecified atom stereocenters. The molecule has 1 aliphatic heterocycles. The van der Waals surface area contributed by atoms with E-state index >= 15 is 0 Å². The van der Waals surface area contributed by atoms with Crippen LogP contribution < -0.4 is 5.73 Å². The van der Waals surface area contributed by atoms with E-state index < -0.39 is 0 Å². The predicted molar refractivity (Wildman–Crippen MR) is 89.6 cm³/mol. The highest BCUT2D eigenvalue weighted by molar-refractivity contribution is 7.80. The van der Waals surface area contributed by atoms with Gasteiger partial charge in [0.15, 0.2) is 0 Å². The van der Waals surface area contributed by atoms with E-state index in [0.29, 0.717) is 10.6 Å². The van der Waals surface area contributed by atoms with E-state index in [4.69, 9.17) is 18.0 Å². The Kier molecular flexibility index (Phi) is 4.64. The van der Waals surface area contributed by atoms with Gasteiger partial charge in [-0.2, -0.15) is 0 Å². The first-order chi connectivity index (χ1) is 9.79. The second-order valence-corrected chi connectivity index (χ2v) is 6.83. The topological polar surface area (TPSA) is 49.6 Å². The van der Waals surface area contributed by atoms with Gasteiger partial charge in [0.05, 0.1) is 0 Å². The van der Waals surface area contributed by atoms with Crippen LogP contribution in [0, 0.1) is 0 Å². The van der Waals surface area contributed by atoms with Gasteiger partial charge in [0.25, 0.3) is 5.91 Å². The Morgan fingerprint density at radius 2 is 1.52 bits per heavy atom.